The van der Waals surface area contributed by atoms with E-state index in [9.17, 15) is 5.02 Å². The Morgan fingerprint density at radius 1 is 1.18 bits per heavy atom. The van der Waals surface area contributed by atoms with Crippen LogP contribution in [0.3, 0.4) is 0 Å². The Morgan fingerprint density at radius 2 is 1.88 bits per heavy atom. The summed E-state index contributed by atoms with van der Waals surface area (Å²) in [7, 11) is 0.472. The quantitative estimate of drug-likeness (QED) is 0.555. The summed E-state index contributed by atoms with van der Waals surface area (Å²) in [6.07, 6.45) is 1.95. The third-order valence-electron chi connectivity index (χ3n) is 2.31. The molecule has 1 rings (SSSR count). The van der Waals surface area contributed by atoms with E-state index < -0.39 is 7.32 Å². The summed E-state index contributed by atoms with van der Waals surface area (Å²) < 4.78 is 15.2. The maximum Gasteiger partial charge on any atom is 0.636 e. The van der Waals surface area contributed by atoms with Gasteiger partial charge >= 0.3 is 7.32 Å². The van der Waals surface area contributed by atoms with Crippen LogP contribution in [-0.2, 0) is 15.9 Å². The topological polar surface area (TPSA) is 47.9 Å². The van der Waals surface area contributed by atoms with Crippen LogP contribution in [0.4, 0.5) is 0 Å². The van der Waals surface area contributed by atoms with Crippen molar-refractivity contribution in [2.24, 2.45) is 0 Å². The van der Waals surface area contributed by atoms with Crippen LogP contribution in [-0.4, -0.2) is 26.1 Å². The van der Waals surface area contributed by atoms with Crippen LogP contribution in [0.2, 0.25) is 0 Å². The van der Waals surface area contributed by atoms with Gasteiger partial charge in [-0.2, -0.15) is 0 Å². The molecule has 0 saturated carbocycles. The van der Waals surface area contributed by atoms with E-state index in [0.717, 1.165) is 24.2 Å². The van der Waals surface area contributed by atoms with Gasteiger partial charge in [0.1, 0.15) is 5.75 Å². The molecule has 0 saturated heterocycles. The van der Waals surface area contributed by atoms with Crippen molar-refractivity contribution in [2.75, 3.05) is 13.7 Å². The van der Waals surface area contributed by atoms with Crippen molar-refractivity contribution in [1.82, 2.24) is 0 Å². The molecule has 0 aliphatic rings. The summed E-state index contributed by atoms with van der Waals surface area (Å²) in [6.45, 7) is 2.89. The van der Waals surface area contributed by atoms with Crippen molar-refractivity contribution in [3.05, 3.63) is 29.8 Å². The molecule has 0 atom stereocenters. The van der Waals surface area contributed by atoms with Crippen LogP contribution in [0.25, 0.3) is 0 Å². The first-order valence-corrected chi connectivity index (χ1v) is 5.80. The van der Waals surface area contributed by atoms with Gasteiger partial charge in [-0.05, 0) is 24.1 Å². The molecular weight excluding hydrogens is 219 g/mol. The van der Waals surface area contributed by atoms with Crippen LogP contribution in [0.5, 0.6) is 5.75 Å². The zero-order chi connectivity index (χ0) is 12.5. The van der Waals surface area contributed by atoms with Crippen molar-refractivity contribution in [3.8, 4) is 5.75 Å². The molecule has 0 spiro atoms. The molecule has 0 radical (unpaired) electrons. The fourth-order valence-electron chi connectivity index (χ4n) is 1.27. The molecule has 0 amide bonds. The van der Waals surface area contributed by atoms with Crippen LogP contribution in [0.1, 0.15) is 25.3 Å². The van der Waals surface area contributed by atoms with E-state index in [1.807, 2.05) is 24.3 Å². The average Bonchev–Trinajstić information content (AvgIpc) is 2.37. The highest BCUT2D eigenvalue weighted by Crippen LogP contribution is 2.12. The van der Waals surface area contributed by atoms with Crippen molar-refractivity contribution in [2.45, 2.75) is 26.4 Å². The molecule has 1 aromatic rings. The van der Waals surface area contributed by atoms with Crippen LogP contribution in [0, 0.1) is 0 Å². The average molecular weight is 238 g/mol. The lowest BCUT2D eigenvalue weighted by atomic mass is 10.2. The van der Waals surface area contributed by atoms with Gasteiger partial charge in [-0.3, -0.25) is 0 Å². The van der Waals surface area contributed by atoms with Gasteiger partial charge in [0.2, 0.25) is 0 Å². The van der Waals surface area contributed by atoms with Gasteiger partial charge in [0.05, 0.1) is 13.7 Å². The summed E-state index contributed by atoms with van der Waals surface area (Å²) in [5.74, 6) is 0.800. The summed E-state index contributed by atoms with van der Waals surface area (Å²) >= 11 is 0. The molecule has 1 aromatic carbocycles. The SMILES string of the molecule is CCCCOB(O)OCc1ccc(OC)cc1. The Kier molecular flexibility index (Phi) is 6.70. The first kappa shape index (κ1) is 14.0. The third kappa shape index (κ3) is 5.72. The normalized spacial score (nSPS) is 10.3. The second-order valence-corrected chi connectivity index (χ2v) is 3.69. The lowest BCUT2D eigenvalue weighted by molar-refractivity contribution is 0.125. The molecule has 0 aliphatic heterocycles. The van der Waals surface area contributed by atoms with E-state index in [4.69, 9.17) is 14.0 Å². The van der Waals surface area contributed by atoms with Crippen molar-refractivity contribution < 1.29 is 19.1 Å². The minimum Gasteiger partial charge on any atom is -0.497 e. The van der Waals surface area contributed by atoms with Gasteiger partial charge in [-0.1, -0.05) is 25.5 Å². The Morgan fingerprint density at radius 3 is 2.47 bits per heavy atom. The van der Waals surface area contributed by atoms with E-state index in [2.05, 4.69) is 6.92 Å². The summed E-state index contributed by atoms with van der Waals surface area (Å²) in [5, 5.41) is 9.37. The lowest BCUT2D eigenvalue weighted by Gasteiger charge is -2.08. The maximum atomic E-state index is 9.37. The predicted octanol–water partition coefficient (Wildman–Crippen LogP) is 2.01. The lowest BCUT2D eigenvalue weighted by Crippen LogP contribution is -2.23. The Hall–Kier alpha value is -1.04. The molecule has 1 N–H and O–H groups in total. The molecular formula is C12H19BO4. The molecule has 4 nitrogen and oxygen atoms in total. The molecule has 0 unspecified atom stereocenters. The van der Waals surface area contributed by atoms with Gasteiger partial charge in [-0.25, -0.2) is 0 Å². The number of benzene rings is 1. The fraction of sp³-hybridized carbons (Fsp3) is 0.500. The number of hydrogen-bond donors (Lipinski definition) is 1. The minimum absolute atomic E-state index is 0.317. The Labute approximate surface area is 103 Å². The highest BCUT2D eigenvalue weighted by atomic mass is 16.7. The summed E-state index contributed by atoms with van der Waals surface area (Å²) in [5.41, 5.74) is 0.962. The molecule has 17 heavy (non-hydrogen) atoms. The van der Waals surface area contributed by atoms with E-state index >= 15 is 0 Å². The van der Waals surface area contributed by atoms with E-state index in [0.29, 0.717) is 13.2 Å². The number of hydrogen-bond acceptors (Lipinski definition) is 4. The molecule has 0 heterocycles. The highest BCUT2D eigenvalue weighted by molar-refractivity contribution is 6.34. The second kappa shape index (κ2) is 8.11. The molecule has 0 fully saturated rings. The van der Waals surface area contributed by atoms with Crippen LogP contribution >= 0.6 is 0 Å². The van der Waals surface area contributed by atoms with Crippen LogP contribution < -0.4 is 4.74 Å². The zero-order valence-electron chi connectivity index (χ0n) is 10.4. The van der Waals surface area contributed by atoms with Gasteiger partial charge in [0.15, 0.2) is 0 Å². The number of unbranched alkanes of at least 4 members (excludes halogenated alkanes) is 1. The van der Waals surface area contributed by atoms with Gasteiger partial charge in [0, 0.05) is 6.61 Å². The summed E-state index contributed by atoms with van der Waals surface area (Å²) in [4.78, 5) is 0. The van der Waals surface area contributed by atoms with E-state index in [1.165, 1.54) is 0 Å². The largest absolute Gasteiger partial charge is 0.636 e. The van der Waals surface area contributed by atoms with Crippen molar-refractivity contribution >= 4 is 7.32 Å². The maximum absolute atomic E-state index is 9.37. The fourth-order valence-corrected chi connectivity index (χ4v) is 1.27. The first-order valence-electron chi connectivity index (χ1n) is 5.80. The van der Waals surface area contributed by atoms with E-state index in [-0.39, 0.29) is 0 Å². The number of ether oxygens (including phenoxy) is 1. The smallest absolute Gasteiger partial charge is 0.497 e. The molecule has 0 aromatic heterocycles. The van der Waals surface area contributed by atoms with Crippen LogP contribution in [0.15, 0.2) is 24.3 Å². The predicted molar refractivity (Wildman–Crippen MR) is 66.6 cm³/mol. The number of methoxy groups -OCH3 is 1. The minimum atomic E-state index is -1.15. The monoisotopic (exact) mass is 238 g/mol. The summed E-state index contributed by atoms with van der Waals surface area (Å²) in [6, 6.07) is 7.47. The third-order valence-corrected chi connectivity index (χ3v) is 2.31. The van der Waals surface area contributed by atoms with Gasteiger partial charge < -0.3 is 19.1 Å². The highest BCUT2D eigenvalue weighted by Gasteiger charge is 2.14. The first-order chi connectivity index (χ1) is 8.26. The molecule has 0 aliphatic carbocycles. The number of rotatable bonds is 8. The van der Waals surface area contributed by atoms with Crippen molar-refractivity contribution in [3.63, 3.8) is 0 Å². The Bertz CT molecular complexity index is 302. The van der Waals surface area contributed by atoms with Crippen molar-refractivity contribution in [1.29, 1.82) is 0 Å². The van der Waals surface area contributed by atoms with E-state index in [1.54, 1.807) is 7.11 Å². The molecule has 94 valence electrons. The standard InChI is InChI=1S/C12H19BO4/c1-3-4-9-16-13(14)17-10-11-5-7-12(15-2)8-6-11/h5-8,14H,3-4,9-10H2,1-2H3. The van der Waals surface area contributed by atoms with Gasteiger partial charge in [-0.15, -0.1) is 0 Å². The second-order valence-electron chi connectivity index (χ2n) is 3.69. The zero-order valence-corrected chi connectivity index (χ0v) is 10.4. The Balaban J connectivity index is 2.24. The van der Waals surface area contributed by atoms with Gasteiger partial charge in [0.25, 0.3) is 0 Å². The molecule has 0 bridgehead atoms. The molecule has 5 heteroatoms.